The average molecular weight is 328 g/mol. The minimum atomic E-state index is 0.724. The highest BCUT2D eigenvalue weighted by molar-refractivity contribution is 7.09. The molecular weight excluding hydrogens is 312 g/mol. The zero-order valence-electron chi connectivity index (χ0n) is 12.7. The second-order valence-electron chi connectivity index (χ2n) is 5.30. The molecule has 3 aromatic rings. The molecule has 0 spiro atoms. The largest absolute Gasteiger partial charge is 0.352 e. The molecule has 1 aliphatic rings. The average Bonchev–Trinajstić information content (AvgIpc) is 3.27. The molecule has 0 radical (unpaired) electrons. The van der Waals surface area contributed by atoms with Crippen LogP contribution in [0.3, 0.4) is 0 Å². The van der Waals surface area contributed by atoms with Crippen molar-refractivity contribution >= 4 is 22.5 Å². The maximum Gasteiger partial charge on any atom is 0.205 e. The molecule has 1 saturated heterocycles. The number of piperazine rings is 1. The van der Waals surface area contributed by atoms with Crippen LogP contribution in [0.4, 0.5) is 10.9 Å². The second kappa shape index (κ2) is 5.92. The van der Waals surface area contributed by atoms with Gasteiger partial charge in [-0.3, -0.25) is 0 Å². The minimum absolute atomic E-state index is 0.724. The van der Waals surface area contributed by atoms with Crippen molar-refractivity contribution in [1.82, 2.24) is 29.3 Å². The molecule has 9 heteroatoms. The fourth-order valence-electron chi connectivity index (χ4n) is 2.55. The third-order valence-corrected chi connectivity index (χ3v) is 4.63. The van der Waals surface area contributed by atoms with Crippen molar-refractivity contribution in [2.75, 3.05) is 36.0 Å². The Balaban J connectivity index is 1.42. The van der Waals surface area contributed by atoms with Gasteiger partial charge in [0.25, 0.3) is 0 Å². The van der Waals surface area contributed by atoms with E-state index in [1.165, 1.54) is 11.5 Å². The van der Waals surface area contributed by atoms with Crippen LogP contribution in [0.1, 0.15) is 5.82 Å². The van der Waals surface area contributed by atoms with Crippen LogP contribution in [-0.4, -0.2) is 55.5 Å². The van der Waals surface area contributed by atoms with Gasteiger partial charge in [0.2, 0.25) is 5.13 Å². The Hall–Kier alpha value is -2.55. The van der Waals surface area contributed by atoms with Crippen LogP contribution in [0.25, 0.3) is 5.82 Å². The predicted molar refractivity (Wildman–Crippen MR) is 88.2 cm³/mol. The van der Waals surface area contributed by atoms with Crippen LogP contribution in [0.15, 0.2) is 30.6 Å². The van der Waals surface area contributed by atoms with Crippen LogP contribution in [0, 0.1) is 6.92 Å². The van der Waals surface area contributed by atoms with Crippen LogP contribution in [0.5, 0.6) is 0 Å². The quantitative estimate of drug-likeness (QED) is 0.714. The summed E-state index contributed by atoms with van der Waals surface area (Å²) in [5, 5.41) is 13.7. The lowest BCUT2D eigenvalue weighted by Gasteiger charge is -2.34. The summed E-state index contributed by atoms with van der Waals surface area (Å²) >= 11 is 1.46. The topological polar surface area (TPSA) is 75.9 Å². The lowest BCUT2D eigenvalue weighted by molar-refractivity contribution is 0.640. The SMILES string of the molecule is Cc1nsc(N2CCN(c3ccc(-n4cccn4)nn3)CC2)n1. The van der Waals surface area contributed by atoms with Gasteiger partial charge in [-0.15, -0.1) is 10.2 Å². The van der Waals surface area contributed by atoms with Gasteiger partial charge in [-0.2, -0.15) is 9.47 Å². The van der Waals surface area contributed by atoms with Crippen molar-refractivity contribution in [1.29, 1.82) is 0 Å². The van der Waals surface area contributed by atoms with E-state index in [9.17, 15) is 0 Å². The molecule has 1 fully saturated rings. The summed E-state index contributed by atoms with van der Waals surface area (Å²) in [7, 11) is 0. The maximum absolute atomic E-state index is 4.45. The smallest absolute Gasteiger partial charge is 0.205 e. The molecule has 0 saturated carbocycles. The highest BCUT2D eigenvalue weighted by Crippen LogP contribution is 2.20. The molecule has 0 atom stereocenters. The summed E-state index contributed by atoms with van der Waals surface area (Å²) in [6.07, 6.45) is 3.58. The molecule has 23 heavy (non-hydrogen) atoms. The Morgan fingerprint density at radius 1 is 1.00 bits per heavy atom. The molecule has 0 bridgehead atoms. The number of hydrogen-bond donors (Lipinski definition) is 0. The first-order valence-electron chi connectivity index (χ1n) is 7.43. The Labute approximate surface area is 137 Å². The predicted octanol–water partition coefficient (Wildman–Crippen LogP) is 1.15. The maximum atomic E-state index is 4.45. The standard InChI is InChI=1S/C14H16N8S/c1-11-16-14(23-19-11)21-9-7-20(8-10-21)12-3-4-13(18-17-12)22-6-2-5-15-22/h2-6H,7-10H2,1H3. The van der Waals surface area contributed by atoms with Gasteiger partial charge in [-0.25, -0.2) is 9.67 Å². The number of aromatic nitrogens is 6. The summed E-state index contributed by atoms with van der Waals surface area (Å²) < 4.78 is 5.95. The molecule has 0 aromatic carbocycles. The van der Waals surface area contributed by atoms with E-state index in [1.54, 1.807) is 10.9 Å². The first-order chi connectivity index (χ1) is 11.3. The van der Waals surface area contributed by atoms with Crippen molar-refractivity contribution in [2.24, 2.45) is 0 Å². The van der Waals surface area contributed by atoms with Gasteiger partial charge in [-0.1, -0.05) is 0 Å². The molecule has 118 valence electrons. The minimum Gasteiger partial charge on any atom is -0.352 e. The first-order valence-corrected chi connectivity index (χ1v) is 8.21. The van der Waals surface area contributed by atoms with Crippen molar-refractivity contribution in [3.05, 3.63) is 36.4 Å². The Kier molecular flexibility index (Phi) is 3.62. The molecule has 4 heterocycles. The van der Waals surface area contributed by atoms with Gasteiger partial charge in [0.1, 0.15) is 5.82 Å². The zero-order valence-corrected chi connectivity index (χ0v) is 13.5. The van der Waals surface area contributed by atoms with Crippen LogP contribution >= 0.6 is 11.5 Å². The molecule has 8 nitrogen and oxygen atoms in total. The van der Waals surface area contributed by atoms with Crippen LogP contribution in [-0.2, 0) is 0 Å². The summed E-state index contributed by atoms with van der Waals surface area (Å²) in [5.74, 6) is 2.46. The Morgan fingerprint density at radius 3 is 2.35 bits per heavy atom. The Morgan fingerprint density at radius 2 is 1.74 bits per heavy atom. The van der Waals surface area contributed by atoms with Crippen LogP contribution < -0.4 is 9.80 Å². The summed E-state index contributed by atoms with van der Waals surface area (Å²) in [6.45, 7) is 5.55. The zero-order chi connectivity index (χ0) is 15.6. The normalized spacial score (nSPS) is 15.2. The van der Waals surface area contributed by atoms with E-state index in [2.05, 4.69) is 34.5 Å². The second-order valence-corrected chi connectivity index (χ2v) is 6.03. The summed E-state index contributed by atoms with van der Waals surface area (Å²) in [4.78, 5) is 8.96. The van der Waals surface area contributed by atoms with E-state index in [4.69, 9.17) is 0 Å². The highest BCUT2D eigenvalue weighted by atomic mass is 32.1. The summed E-state index contributed by atoms with van der Waals surface area (Å²) in [6, 6.07) is 5.80. The van der Waals surface area contributed by atoms with Crippen molar-refractivity contribution in [3.8, 4) is 5.82 Å². The fourth-order valence-corrected chi connectivity index (χ4v) is 3.28. The lowest BCUT2D eigenvalue weighted by atomic mass is 10.3. The molecule has 3 aromatic heterocycles. The Bertz CT molecular complexity index is 758. The first kappa shape index (κ1) is 14.1. The third kappa shape index (κ3) is 2.87. The molecule has 0 N–H and O–H groups in total. The van der Waals surface area contributed by atoms with Gasteiger partial charge < -0.3 is 9.80 Å². The number of hydrogen-bond acceptors (Lipinski definition) is 8. The van der Waals surface area contributed by atoms with E-state index in [0.717, 1.165) is 48.8 Å². The van der Waals surface area contributed by atoms with E-state index in [-0.39, 0.29) is 0 Å². The van der Waals surface area contributed by atoms with E-state index in [0.29, 0.717) is 0 Å². The highest BCUT2D eigenvalue weighted by Gasteiger charge is 2.20. The fraction of sp³-hybridized carbons (Fsp3) is 0.357. The van der Waals surface area contributed by atoms with E-state index < -0.39 is 0 Å². The van der Waals surface area contributed by atoms with Crippen LogP contribution in [0.2, 0.25) is 0 Å². The molecule has 4 rings (SSSR count). The molecule has 0 amide bonds. The van der Waals surface area contributed by atoms with Gasteiger partial charge in [-0.05, 0) is 25.1 Å². The van der Waals surface area contributed by atoms with Crippen molar-refractivity contribution in [3.63, 3.8) is 0 Å². The van der Waals surface area contributed by atoms with E-state index >= 15 is 0 Å². The number of nitrogens with zero attached hydrogens (tertiary/aromatic N) is 8. The molecular formula is C14H16N8S. The lowest BCUT2D eigenvalue weighted by Crippen LogP contribution is -2.46. The molecule has 0 aliphatic carbocycles. The van der Waals surface area contributed by atoms with E-state index in [1.807, 2.05) is 31.3 Å². The molecule has 0 unspecified atom stereocenters. The van der Waals surface area contributed by atoms with Gasteiger partial charge in [0.15, 0.2) is 11.6 Å². The van der Waals surface area contributed by atoms with Crippen molar-refractivity contribution < 1.29 is 0 Å². The van der Waals surface area contributed by atoms with Gasteiger partial charge in [0.05, 0.1) is 0 Å². The number of aryl methyl sites for hydroxylation is 1. The number of anilines is 2. The third-order valence-electron chi connectivity index (χ3n) is 3.77. The van der Waals surface area contributed by atoms with Crippen molar-refractivity contribution in [2.45, 2.75) is 6.92 Å². The van der Waals surface area contributed by atoms with Gasteiger partial charge >= 0.3 is 0 Å². The van der Waals surface area contributed by atoms with Gasteiger partial charge in [0, 0.05) is 50.1 Å². The molecule has 1 aliphatic heterocycles. The monoisotopic (exact) mass is 328 g/mol. The summed E-state index contributed by atoms with van der Waals surface area (Å²) in [5.41, 5.74) is 0. The number of rotatable bonds is 3.